The van der Waals surface area contributed by atoms with Crippen LogP contribution in [-0.2, 0) is 24.5 Å². The van der Waals surface area contributed by atoms with Gasteiger partial charge in [0.2, 0.25) is 23.7 Å². The Labute approximate surface area is 380 Å². The van der Waals surface area contributed by atoms with E-state index >= 15 is 4.39 Å². The van der Waals surface area contributed by atoms with Crippen molar-refractivity contribution in [2.45, 2.75) is 80.3 Å². The minimum absolute atomic E-state index is 0.0176. The standard InChI is InChI=1S/C47H50Cl2FN9O5/c48-31-12-13-33-36(28-31)55-44(63)47(33)38(32-10-7-11-34(49)39(32)50)40(57-46(47)18-5-2-6-19-46)42(61)52-23-27-64-26-22-51-41(60)35-14-20-53-45(56-35)58-24-16-30(17-25-58)43(62)59-37(15-21-54-59)29-8-3-1-4-9-29/h1,3-4,7-14,20-21,28,30,37-38,40,57H,2,5-6,15-19,22-27H2,(H,51,60)(H,52,61)(H,55,63)/t37?,38-,40+,47+/m0/s1. The third-order valence-electron chi connectivity index (χ3n) is 13.6. The zero-order valence-electron chi connectivity index (χ0n) is 35.2. The first-order valence-electron chi connectivity index (χ1n) is 22.1. The second kappa shape index (κ2) is 18.6. The molecule has 4 N–H and O–H groups in total. The molecule has 3 aromatic carbocycles. The normalized spacial score (nSPS) is 23.7. The van der Waals surface area contributed by atoms with E-state index in [0.29, 0.717) is 67.4 Å². The Morgan fingerprint density at radius 1 is 0.922 bits per heavy atom. The van der Waals surface area contributed by atoms with Crippen LogP contribution >= 0.6 is 23.2 Å². The van der Waals surface area contributed by atoms with Gasteiger partial charge in [-0.05, 0) is 66.6 Å². The second-order valence-electron chi connectivity index (χ2n) is 17.1. The van der Waals surface area contributed by atoms with E-state index in [1.54, 1.807) is 47.8 Å². The fourth-order valence-corrected chi connectivity index (χ4v) is 11.1. The number of fused-ring (bicyclic) bond motifs is 3. The van der Waals surface area contributed by atoms with Crippen LogP contribution in [0.5, 0.6) is 0 Å². The molecule has 1 unspecified atom stereocenters. The lowest BCUT2D eigenvalue weighted by atomic mass is 9.55. The molecule has 9 rings (SSSR count). The summed E-state index contributed by atoms with van der Waals surface area (Å²) in [5, 5.41) is 18.8. The summed E-state index contributed by atoms with van der Waals surface area (Å²) < 4.78 is 21.9. The molecule has 4 aliphatic heterocycles. The average molecular weight is 911 g/mol. The maximum Gasteiger partial charge on any atom is 0.270 e. The number of hydrogen-bond acceptors (Lipinski definition) is 10. The highest BCUT2D eigenvalue weighted by Crippen LogP contribution is 2.62. The van der Waals surface area contributed by atoms with Gasteiger partial charge in [-0.1, -0.05) is 91.0 Å². The van der Waals surface area contributed by atoms with Crippen molar-refractivity contribution in [3.8, 4) is 0 Å². The van der Waals surface area contributed by atoms with Crippen LogP contribution < -0.4 is 26.2 Å². The second-order valence-corrected chi connectivity index (χ2v) is 18.0. The number of rotatable bonds is 12. The molecule has 5 heterocycles. The number of nitrogens with one attached hydrogen (secondary N) is 4. The molecule has 1 aromatic heterocycles. The van der Waals surface area contributed by atoms with Gasteiger partial charge in [-0.25, -0.2) is 19.4 Å². The Hall–Kier alpha value is -5.48. The number of hydrogen-bond donors (Lipinski definition) is 4. The van der Waals surface area contributed by atoms with Gasteiger partial charge in [-0.2, -0.15) is 5.10 Å². The Kier molecular flexibility index (Phi) is 12.7. The van der Waals surface area contributed by atoms with Gasteiger partial charge in [-0.15, -0.1) is 0 Å². The monoisotopic (exact) mass is 909 g/mol. The number of piperidine rings is 1. The van der Waals surface area contributed by atoms with E-state index in [1.165, 1.54) is 6.07 Å². The predicted molar refractivity (Wildman–Crippen MR) is 241 cm³/mol. The first-order valence-corrected chi connectivity index (χ1v) is 22.8. The minimum atomic E-state index is -1.33. The summed E-state index contributed by atoms with van der Waals surface area (Å²) in [6, 6.07) is 20.4. The summed E-state index contributed by atoms with van der Waals surface area (Å²) >= 11 is 12.7. The number of aromatic nitrogens is 2. The molecule has 2 spiro atoms. The summed E-state index contributed by atoms with van der Waals surface area (Å²) in [5.74, 6) is -2.43. The van der Waals surface area contributed by atoms with Crippen molar-refractivity contribution in [3.05, 3.63) is 117 Å². The molecule has 14 nitrogen and oxygen atoms in total. The molecule has 334 valence electrons. The van der Waals surface area contributed by atoms with E-state index in [-0.39, 0.29) is 72.3 Å². The number of halogens is 3. The lowest BCUT2D eigenvalue weighted by Crippen LogP contribution is -2.60. The van der Waals surface area contributed by atoms with Crippen molar-refractivity contribution < 1.29 is 28.3 Å². The van der Waals surface area contributed by atoms with Gasteiger partial charge in [0.25, 0.3) is 5.91 Å². The Balaban J connectivity index is 0.780. The first-order chi connectivity index (χ1) is 31.1. The highest BCUT2D eigenvalue weighted by Gasteiger charge is 2.72. The Morgan fingerprint density at radius 2 is 1.69 bits per heavy atom. The molecule has 4 amide bonds. The van der Waals surface area contributed by atoms with E-state index in [4.69, 9.17) is 27.9 Å². The zero-order valence-corrected chi connectivity index (χ0v) is 36.7. The van der Waals surface area contributed by atoms with Crippen LogP contribution in [0.4, 0.5) is 16.0 Å². The highest BCUT2D eigenvalue weighted by molar-refractivity contribution is 6.31. The molecular weight excluding hydrogens is 860 g/mol. The quantitative estimate of drug-likeness (QED) is 0.119. The smallest absolute Gasteiger partial charge is 0.270 e. The average Bonchev–Trinajstić information content (AvgIpc) is 4.00. The maximum absolute atomic E-state index is 16.2. The van der Waals surface area contributed by atoms with Gasteiger partial charge < -0.3 is 25.6 Å². The van der Waals surface area contributed by atoms with Crippen LogP contribution in [0.15, 0.2) is 84.1 Å². The number of ether oxygens (including phenoxy) is 1. The molecule has 1 aliphatic carbocycles. The lowest BCUT2D eigenvalue weighted by Gasteiger charge is -2.47. The summed E-state index contributed by atoms with van der Waals surface area (Å²) in [6.45, 7) is 1.74. The van der Waals surface area contributed by atoms with Crippen LogP contribution in [-0.4, -0.2) is 95.8 Å². The molecule has 2 saturated heterocycles. The molecule has 1 saturated carbocycles. The predicted octanol–water partition coefficient (Wildman–Crippen LogP) is 6.31. The molecule has 64 heavy (non-hydrogen) atoms. The van der Waals surface area contributed by atoms with Crippen molar-refractivity contribution in [2.24, 2.45) is 11.0 Å². The van der Waals surface area contributed by atoms with E-state index in [2.05, 4.69) is 36.3 Å². The van der Waals surface area contributed by atoms with Crippen LogP contribution in [0.1, 0.15) is 90.5 Å². The van der Waals surface area contributed by atoms with Crippen LogP contribution in [0, 0.1) is 11.7 Å². The van der Waals surface area contributed by atoms with Crippen molar-refractivity contribution in [2.75, 3.05) is 49.6 Å². The molecule has 4 aromatic rings. The van der Waals surface area contributed by atoms with Crippen molar-refractivity contribution >= 4 is 64.7 Å². The van der Waals surface area contributed by atoms with Gasteiger partial charge in [0.15, 0.2) is 0 Å². The minimum Gasteiger partial charge on any atom is -0.378 e. The Morgan fingerprint density at radius 3 is 2.47 bits per heavy atom. The molecule has 3 fully saturated rings. The van der Waals surface area contributed by atoms with Crippen LogP contribution in [0.2, 0.25) is 10.0 Å². The van der Waals surface area contributed by atoms with Gasteiger partial charge >= 0.3 is 0 Å². The molecule has 0 bridgehead atoms. The number of benzene rings is 3. The number of amides is 4. The topological polar surface area (TPSA) is 170 Å². The summed E-state index contributed by atoms with van der Waals surface area (Å²) in [4.78, 5) is 66.4. The molecular formula is C47H50Cl2FN9O5. The number of hydrazone groups is 1. The third-order valence-corrected chi connectivity index (χ3v) is 14.2. The largest absolute Gasteiger partial charge is 0.378 e. The molecule has 4 atom stereocenters. The number of carbonyl (C=O) groups is 4. The van der Waals surface area contributed by atoms with E-state index < -0.39 is 34.6 Å². The van der Waals surface area contributed by atoms with E-state index in [1.807, 2.05) is 41.3 Å². The SMILES string of the molecule is O=C(NCCOCCNC(=O)[C@@H]1NC2(CCCCC2)[C@@]2(C(=O)Nc3cc(Cl)ccc32)[C@H]1c1cccc(Cl)c1F)c1ccnc(N2CCC(C(=O)N3N=CCC3c3ccccc3)CC2)n1. The third kappa shape index (κ3) is 8.01. The van der Waals surface area contributed by atoms with Crippen LogP contribution in [0.25, 0.3) is 0 Å². The number of anilines is 2. The first kappa shape index (κ1) is 43.8. The number of carbonyl (C=O) groups excluding carboxylic acids is 4. The molecule has 0 radical (unpaired) electrons. The fourth-order valence-electron chi connectivity index (χ4n) is 10.7. The van der Waals surface area contributed by atoms with E-state index in [0.717, 1.165) is 24.8 Å². The fraction of sp³-hybridized carbons (Fsp3) is 0.426. The highest BCUT2D eigenvalue weighted by atomic mass is 35.5. The van der Waals surface area contributed by atoms with Crippen LogP contribution in [0.3, 0.4) is 0 Å². The Bertz CT molecular complexity index is 2450. The lowest BCUT2D eigenvalue weighted by molar-refractivity contribution is -0.138. The van der Waals surface area contributed by atoms with Crippen molar-refractivity contribution in [1.29, 1.82) is 0 Å². The van der Waals surface area contributed by atoms with Gasteiger partial charge in [0.05, 0.1) is 30.3 Å². The van der Waals surface area contributed by atoms with Gasteiger partial charge in [-0.3, -0.25) is 24.5 Å². The molecule has 5 aliphatic rings. The van der Waals surface area contributed by atoms with Gasteiger partial charge in [0, 0.05) is 73.1 Å². The van der Waals surface area contributed by atoms with Crippen molar-refractivity contribution in [3.63, 3.8) is 0 Å². The molecule has 17 heteroatoms. The summed E-state index contributed by atoms with van der Waals surface area (Å²) in [5.41, 5.74) is 0.513. The van der Waals surface area contributed by atoms with E-state index in [9.17, 15) is 19.2 Å². The number of nitrogens with zero attached hydrogens (tertiary/aromatic N) is 5. The zero-order chi connectivity index (χ0) is 44.4. The van der Waals surface area contributed by atoms with Gasteiger partial charge in [0.1, 0.15) is 16.9 Å². The summed E-state index contributed by atoms with van der Waals surface area (Å²) in [7, 11) is 0. The van der Waals surface area contributed by atoms with Crippen molar-refractivity contribution in [1.82, 2.24) is 30.9 Å². The summed E-state index contributed by atoms with van der Waals surface area (Å²) in [6.07, 6.45) is 9.15. The maximum atomic E-state index is 16.2.